The number of imidazole rings is 1. The third kappa shape index (κ3) is 1.93. The second-order valence-electron chi connectivity index (χ2n) is 3.69. The van der Waals surface area contributed by atoms with Crippen molar-refractivity contribution >= 4 is 5.82 Å². The van der Waals surface area contributed by atoms with Crippen LogP contribution >= 0.6 is 0 Å². The summed E-state index contributed by atoms with van der Waals surface area (Å²) in [5.41, 5.74) is 6.64. The van der Waals surface area contributed by atoms with Crippen LogP contribution in [0.25, 0.3) is 11.3 Å². The highest BCUT2D eigenvalue weighted by Crippen LogP contribution is 2.28. The van der Waals surface area contributed by atoms with Gasteiger partial charge in [-0.3, -0.25) is 0 Å². The number of aryl methyl sites for hydroxylation is 1. The van der Waals surface area contributed by atoms with Crippen LogP contribution in [0, 0.1) is 6.92 Å². The zero-order chi connectivity index (χ0) is 12.6. The van der Waals surface area contributed by atoms with Crippen molar-refractivity contribution in [3.8, 4) is 11.3 Å². The van der Waals surface area contributed by atoms with E-state index in [9.17, 15) is 8.78 Å². The number of nitrogens with two attached hydrogens (primary N) is 2. The summed E-state index contributed by atoms with van der Waals surface area (Å²) in [5, 5.41) is 0. The molecule has 0 bridgehead atoms. The molecule has 0 amide bonds. The number of hydrogen-bond acceptors (Lipinski definition) is 3. The molecule has 4 N–H and O–H groups in total. The molecule has 1 aromatic heterocycles. The molecule has 1 aromatic carbocycles. The summed E-state index contributed by atoms with van der Waals surface area (Å²) in [6, 6.07) is 5.94. The monoisotopic (exact) mass is 238 g/mol. The number of halogens is 2. The number of nitrogen functional groups attached to an aromatic ring is 2. The van der Waals surface area contributed by atoms with Crippen LogP contribution in [0.5, 0.6) is 0 Å². The molecule has 0 aliphatic rings. The van der Waals surface area contributed by atoms with Gasteiger partial charge >= 0.3 is 0 Å². The third-order valence-corrected chi connectivity index (χ3v) is 2.54. The van der Waals surface area contributed by atoms with Crippen molar-refractivity contribution in [1.29, 1.82) is 0 Å². The maximum atomic E-state index is 12.6. The van der Waals surface area contributed by atoms with E-state index in [0.717, 1.165) is 0 Å². The molecule has 6 heteroatoms. The van der Waals surface area contributed by atoms with E-state index in [0.29, 0.717) is 17.1 Å². The van der Waals surface area contributed by atoms with E-state index in [2.05, 4.69) is 4.98 Å². The molecule has 1 heterocycles. The molecule has 0 aliphatic carbocycles. The Morgan fingerprint density at radius 3 is 2.59 bits per heavy atom. The Morgan fingerprint density at radius 2 is 2.06 bits per heavy atom. The lowest BCUT2D eigenvalue weighted by molar-refractivity contribution is 0.151. The predicted octanol–water partition coefficient (Wildman–Crippen LogP) is 2.09. The summed E-state index contributed by atoms with van der Waals surface area (Å²) in [7, 11) is 0. The summed E-state index contributed by atoms with van der Waals surface area (Å²) in [4.78, 5) is 4.15. The average molecular weight is 238 g/mol. The quantitative estimate of drug-likeness (QED) is 0.787. The van der Waals surface area contributed by atoms with E-state index in [-0.39, 0.29) is 11.4 Å². The van der Waals surface area contributed by atoms with Crippen LogP contribution < -0.4 is 11.6 Å². The van der Waals surface area contributed by atoms with E-state index in [1.54, 1.807) is 19.1 Å². The van der Waals surface area contributed by atoms with Crippen molar-refractivity contribution < 1.29 is 8.78 Å². The summed E-state index contributed by atoms with van der Waals surface area (Å²) >= 11 is 0. The smallest absolute Gasteiger partial charge is 0.263 e. The van der Waals surface area contributed by atoms with Crippen molar-refractivity contribution in [3.63, 3.8) is 0 Å². The molecule has 2 rings (SSSR count). The first kappa shape index (κ1) is 11.4. The largest absolute Gasteiger partial charge is 0.382 e. The highest BCUT2D eigenvalue weighted by molar-refractivity contribution is 5.71. The summed E-state index contributed by atoms with van der Waals surface area (Å²) in [5.74, 6) is 6.40. The minimum atomic E-state index is -2.52. The second-order valence-corrected chi connectivity index (χ2v) is 3.69. The number of nitrogens with zero attached hydrogens (tertiary/aromatic N) is 2. The van der Waals surface area contributed by atoms with Gasteiger partial charge in [0.25, 0.3) is 6.43 Å². The highest BCUT2D eigenvalue weighted by atomic mass is 19.3. The van der Waals surface area contributed by atoms with Gasteiger partial charge in [-0.05, 0) is 13.0 Å². The van der Waals surface area contributed by atoms with Crippen LogP contribution in [0.2, 0.25) is 0 Å². The van der Waals surface area contributed by atoms with Gasteiger partial charge in [-0.25, -0.2) is 18.4 Å². The standard InChI is InChI=1S/C11H12F2N4/c1-6-16-9(11(14)17(6)15)7-3-2-4-8(5-7)10(12)13/h2-5,10H,14-15H2,1H3. The Balaban J connectivity index is 2.53. The van der Waals surface area contributed by atoms with Gasteiger partial charge in [0.15, 0.2) is 5.82 Å². The minimum Gasteiger partial charge on any atom is -0.382 e. The molecule has 0 radical (unpaired) electrons. The molecule has 0 aliphatic heterocycles. The van der Waals surface area contributed by atoms with Gasteiger partial charge in [0, 0.05) is 11.1 Å². The van der Waals surface area contributed by atoms with Gasteiger partial charge < -0.3 is 11.6 Å². The molecule has 0 saturated heterocycles. The zero-order valence-electron chi connectivity index (χ0n) is 9.19. The van der Waals surface area contributed by atoms with Gasteiger partial charge in [-0.1, -0.05) is 18.2 Å². The fourth-order valence-corrected chi connectivity index (χ4v) is 1.60. The topological polar surface area (TPSA) is 69.9 Å². The van der Waals surface area contributed by atoms with Crippen LogP contribution in [0.4, 0.5) is 14.6 Å². The van der Waals surface area contributed by atoms with Gasteiger partial charge in [-0.15, -0.1) is 0 Å². The van der Waals surface area contributed by atoms with E-state index >= 15 is 0 Å². The average Bonchev–Trinajstić information content (AvgIpc) is 2.57. The number of benzene rings is 1. The molecule has 0 spiro atoms. The van der Waals surface area contributed by atoms with Crippen LogP contribution in [-0.4, -0.2) is 9.66 Å². The summed E-state index contributed by atoms with van der Waals surface area (Å²) in [6.45, 7) is 1.69. The SMILES string of the molecule is Cc1nc(-c2cccc(C(F)F)c2)c(N)n1N. The summed E-state index contributed by atoms with van der Waals surface area (Å²) < 4.78 is 26.4. The zero-order valence-corrected chi connectivity index (χ0v) is 9.19. The first-order chi connectivity index (χ1) is 8.00. The first-order valence-corrected chi connectivity index (χ1v) is 4.99. The van der Waals surface area contributed by atoms with Gasteiger partial charge in [-0.2, -0.15) is 0 Å². The Kier molecular flexibility index (Phi) is 2.71. The van der Waals surface area contributed by atoms with Crippen molar-refractivity contribution in [2.24, 2.45) is 0 Å². The van der Waals surface area contributed by atoms with Crippen LogP contribution in [0.1, 0.15) is 17.8 Å². The van der Waals surface area contributed by atoms with E-state index < -0.39 is 6.43 Å². The molecular weight excluding hydrogens is 226 g/mol. The van der Waals surface area contributed by atoms with Gasteiger partial charge in [0.05, 0.1) is 0 Å². The molecule has 4 nitrogen and oxygen atoms in total. The molecule has 2 aromatic rings. The third-order valence-electron chi connectivity index (χ3n) is 2.54. The lowest BCUT2D eigenvalue weighted by Crippen LogP contribution is -2.13. The molecule has 0 saturated carbocycles. The first-order valence-electron chi connectivity index (χ1n) is 4.99. The second kappa shape index (κ2) is 4.04. The maximum Gasteiger partial charge on any atom is 0.263 e. The maximum absolute atomic E-state index is 12.6. The fraction of sp³-hybridized carbons (Fsp3) is 0.182. The fourth-order valence-electron chi connectivity index (χ4n) is 1.60. The molecule has 17 heavy (non-hydrogen) atoms. The minimum absolute atomic E-state index is 0.0638. The van der Waals surface area contributed by atoms with E-state index in [1.807, 2.05) is 0 Å². The van der Waals surface area contributed by atoms with Gasteiger partial charge in [0.1, 0.15) is 11.5 Å². The number of hydrogen-bond donors (Lipinski definition) is 2. The van der Waals surface area contributed by atoms with Crippen molar-refractivity contribution in [1.82, 2.24) is 9.66 Å². The molecular formula is C11H12F2N4. The van der Waals surface area contributed by atoms with E-state index in [1.165, 1.54) is 16.8 Å². The number of aromatic nitrogens is 2. The van der Waals surface area contributed by atoms with Crippen LogP contribution in [0.3, 0.4) is 0 Å². The lowest BCUT2D eigenvalue weighted by Gasteiger charge is -2.03. The highest BCUT2D eigenvalue weighted by Gasteiger charge is 2.14. The normalized spacial score (nSPS) is 11.1. The molecule has 0 atom stereocenters. The Hall–Kier alpha value is -2.11. The number of rotatable bonds is 2. The van der Waals surface area contributed by atoms with Gasteiger partial charge in [0.2, 0.25) is 0 Å². The number of alkyl halides is 2. The van der Waals surface area contributed by atoms with Crippen molar-refractivity contribution in [2.75, 3.05) is 11.6 Å². The summed E-state index contributed by atoms with van der Waals surface area (Å²) in [6.07, 6.45) is -2.52. The Morgan fingerprint density at radius 1 is 1.35 bits per heavy atom. The van der Waals surface area contributed by atoms with E-state index in [4.69, 9.17) is 11.6 Å². The Bertz CT molecular complexity index is 548. The molecule has 0 unspecified atom stereocenters. The van der Waals surface area contributed by atoms with Crippen LogP contribution in [0.15, 0.2) is 24.3 Å². The lowest BCUT2D eigenvalue weighted by atomic mass is 10.1. The molecule has 90 valence electrons. The number of anilines is 1. The van der Waals surface area contributed by atoms with Crippen LogP contribution in [-0.2, 0) is 0 Å². The Labute approximate surface area is 96.8 Å². The van der Waals surface area contributed by atoms with Crippen molar-refractivity contribution in [2.45, 2.75) is 13.3 Å². The van der Waals surface area contributed by atoms with Crippen molar-refractivity contribution in [3.05, 3.63) is 35.7 Å². The molecule has 0 fully saturated rings. The predicted molar refractivity (Wildman–Crippen MR) is 61.9 cm³/mol.